The Kier molecular flexibility index (Phi) is 3.80. The van der Waals surface area contributed by atoms with Gasteiger partial charge in [0.2, 0.25) is 0 Å². The smallest absolute Gasteiger partial charge is 0.251 e. The van der Waals surface area contributed by atoms with Crippen LogP contribution in [0.15, 0.2) is 18.2 Å². The normalized spacial score (nSPS) is 12.3. The maximum Gasteiger partial charge on any atom is 0.251 e. The number of carbonyl (C=O) groups excluding carboxylic acids is 1. The van der Waals surface area contributed by atoms with Gasteiger partial charge in [0.05, 0.1) is 6.61 Å². The molecule has 3 nitrogen and oxygen atoms in total. The standard InChI is InChI=1S/C11H14FNO2/c1-7-5-9(3-4-10(7)12)11(15)13-8(2)6-14/h3-5,8,14H,6H2,1-2H3,(H,13,15)/t8-/m0/s1. The summed E-state index contributed by atoms with van der Waals surface area (Å²) in [5, 5.41) is 11.3. The summed E-state index contributed by atoms with van der Waals surface area (Å²) in [6, 6.07) is 3.85. The summed E-state index contributed by atoms with van der Waals surface area (Å²) in [6.45, 7) is 3.17. The second-order valence-electron chi connectivity index (χ2n) is 3.52. The third-order valence-electron chi connectivity index (χ3n) is 2.07. The van der Waals surface area contributed by atoms with E-state index in [9.17, 15) is 9.18 Å². The first kappa shape index (κ1) is 11.7. The number of aryl methyl sites for hydroxylation is 1. The van der Waals surface area contributed by atoms with Crippen LogP contribution in [0.25, 0.3) is 0 Å². The molecule has 0 saturated heterocycles. The summed E-state index contributed by atoms with van der Waals surface area (Å²) in [7, 11) is 0. The lowest BCUT2D eigenvalue weighted by molar-refractivity contribution is 0.0922. The SMILES string of the molecule is Cc1cc(C(=O)N[C@@H](C)CO)ccc1F. The van der Waals surface area contributed by atoms with E-state index < -0.39 is 0 Å². The number of hydrogen-bond donors (Lipinski definition) is 2. The van der Waals surface area contributed by atoms with Crippen LogP contribution in [0.4, 0.5) is 4.39 Å². The number of benzene rings is 1. The van der Waals surface area contributed by atoms with Gasteiger partial charge in [-0.3, -0.25) is 4.79 Å². The summed E-state index contributed by atoms with van der Waals surface area (Å²) >= 11 is 0. The first-order valence-electron chi connectivity index (χ1n) is 4.72. The first-order chi connectivity index (χ1) is 7.04. The highest BCUT2D eigenvalue weighted by molar-refractivity contribution is 5.94. The lowest BCUT2D eigenvalue weighted by Crippen LogP contribution is -2.35. The molecule has 0 saturated carbocycles. The fraction of sp³-hybridized carbons (Fsp3) is 0.364. The lowest BCUT2D eigenvalue weighted by Gasteiger charge is -2.11. The molecule has 1 rings (SSSR count). The molecule has 0 unspecified atom stereocenters. The average Bonchev–Trinajstić information content (AvgIpc) is 2.21. The maximum atomic E-state index is 12.9. The maximum absolute atomic E-state index is 12.9. The van der Waals surface area contributed by atoms with Gasteiger partial charge in [-0.05, 0) is 37.6 Å². The molecule has 0 radical (unpaired) electrons. The van der Waals surface area contributed by atoms with Gasteiger partial charge in [-0.2, -0.15) is 0 Å². The van der Waals surface area contributed by atoms with Crippen molar-refractivity contribution >= 4 is 5.91 Å². The van der Waals surface area contributed by atoms with E-state index in [-0.39, 0.29) is 24.4 Å². The molecule has 0 aliphatic carbocycles. The zero-order valence-corrected chi connectivity index (χ0v) is 8.75. The number of halogens is 1. The number of carbonyl (C=O) groups is 1. The van der Waals surface area contributed by atoms with Crippen molar-refractivity contribution < 1.29 is 14.3 Å². The molecule has 1 aromatic carbocycles. The van der Waals surface area contributed by atoms with E-state index >= 15 is 0 Å². The Morgan fingerprint density at radius 3 is 2.80 bits per heavy atom. The van der Waals surface area contributed by atoms with E-state index in [0.717, 1.165) is 0 Å². The molecule has 0 aliphatic heterocycles. The van der Waals surface area contributed by atoms with Crippen LogP contribution in [0.2, 0.25) is 0 Å². The van der Waals surface area contributed by atoms with Crippen LogP contribution in [0.3, 0.4) is 0 Å². The largest absolute Gasteiger partial charge is 0.394 e. The highest BCUT2D eigenvalue weighted by atomic mass is 19.1. The van der Waals surface area contributed by atoms with E-state index in [4.69, 9.17) is 5.11 Å². The Bertz CT molecular complexity index is 366. The molecule has 0 aromatic heterocycles. The quantitative estimate of drug-likeness (QED) is 0.790. The third kappa shape index (κ3) is 3.02. The van der Waals surface area contributed by atoms with Crippen molar-refractivity contribution in [3.05, 3.63) is 35.1 Å². The summed E-state index contributed by atoms with van der Waals surface area (Å²) in [6.07, 6.45) is 0. The van der Waals surface area contributed by atoms with Crippen molar-refractivity contribution in [2.24, 2.45) is 0 Å². The number of hydrogen-bond acceptors (Lipinski definition) is 2. The topological polar surface area (TPSA) is 49.3 Å². The van der Waals surface area contributed by atoms with E-state index in [0.29, 0.717) is 11.1 Å². The molecule has 4 heteroatoms. The lowest BCUT2D eigenvalue weighted by atomic mass is 10.1. The summed E-state index contributed by atoms with van der Waals surface area (Å²) in [5.41, 5.74) is 0.827. The molecule has 0 spiro atoms. The molecule has 15 heavy (non-hydrogen) atoms. The van der Waals surface area contributed by atoms with Crippen LogP contribution < -0.4 is 5.32 Å². The molecular weight excluding hydrogens is 197 g/mol. The minimum atomic E-state index is -0.332. The number of nitrogens with one attached hydrogen (secondary N) is 1. The van der Waals surface area contributed by atoms with Gasteiger partial charge < -0.3 is 10.4 Å². The van der Waals surface area contributed by atoms with Crippen molar-refractivity contribution in [1.82, 2.24) is 5.32 Å². The first-order valence-corrected chi connectivity index (χ1v) is 4.72. The monoisotopic (exact) mass is 211 g/mol. The van der Waals surface area contributed by atoms with Crippen molar-refractivity contribution in [1.29, 1.82) is 0 Å². The van der Waals surface area contributed by atoms with E-state index in [1.54, 1.807) is 13.8 Å². The van der Waals surface area contributed by atoms with Gasteiger partial charge in [-0.25, -0.2) is 4.39 Å². The third-order valence-corrected chi connectivity index (χ3v) is 2.07. The second kappa shape index (κ2) is 4.89. The van der Waals surface area contributed by atoms with Crippen molar-refractivity contribution in [3.63, 3.8) is 0 Å². The van der Waals surface area contributed by atoms with Gasteiger partial charge in [0.1, 0.15) is 5.82 Å². The molecule has 1 amide bonds. The number of rotatable bonds is 3. The Hall–Kier alpha value is -1.42. The van der Waals surface area contributed by atoms with Crippen molar-refractivity contribution in [2.45, 2.75) is 19.9 Å². The minimum Gasteiger partial charge on any atom is -0.394 e. The van der Waals surface area contributed by atoms with Crippen LogP contribution in [-0.4, -0.2) is 23.7 Å². The molecule has 1 atom stereocenters. The van der Waals surface area contributed by atoms with Gasteiger partial charge in [0.15, 0.2) is 0 Å². The average molecular weight is 211 g/mol. The summed E-state index contributed by atoms with van der Waals surface area (Å²) in [4.78, 5) is 11.5. The molecule has 0 aliphatic rings. The summed E-state index contributed by atoms with van der Waals surface area (Å²) in [5.74, 6) is -0.638. The van der Waals surface area contributed by atoms with Gasteiger partial charge >= 0.3 is 0 Å². The molecule has 2 N–H and O–H groups in total. The zero-order chi connectivity index (χ0) is 11.4. The van der Waals surface area contributed by atoms with Gasteiger partial charge in [0, 0.05) is 11.6 Å². The van der Waals surface area contributed by atoms with Crippen LogP contribution in [0.5, 0.6) is 0 Å². The Morgan fingerprint density at radius 1 is 1.60 bits per heavy atom. The highest BCUT2D eigenvalue weighted by Gasteiger charge is 2.09. The Balaban J connectivity index is 2.78. The number of amides is 1. The Labute approximate surface area is 87.9 Å². The van der Waals surface area contributed by atoms with Crippen LogP contribution in [-0.2, 0) is 0 Å². The van der Waals surface area contributed by atoms with E-state index in [1.807, 2.05) is 0 Å². The summed E-state index contributed by atoms with van der Waals surface area (Å²) < 4.78 is 12.9. The molecular formula is C11H14FNO2. The van der Waals surface area contributed by atoms with Gasteiger partial charge in [0.25, 0.3) is 5.91 Å². The molecule has 0 fully saturated rings. The van der Waals surface area contributed by atoms with E-state index in [2.05, 4.69) is 5.32 Å². The number of aliphatic hydroxyl groups excluding tert-OH is 1. The van der Waals surface area contributed by atoms with Crippen LogP contribution in [0.1, 0.15) is 22.8 Å². The van der Waals surface area contributed by atoms with Crippen molar-refractivity contribution in [2.75, 3.05) is 6.61 Å². The zero-order valence-electron chi connectivity index (χ0n) is 8.75. The van der Waals surface area contributed by atoms with Crippen molar-refractivity contribution in [3.8, 4) is 0 Å². The van der Waals surface area contributed by atoms with Gasteiger partial charge in [-0.1, -0.05) is 0 Å². The fourth-order valence-electron chi connectivity index (χ4n) is 1.14. The van der Waals surface area contributed by atoms with E-state index in [1.165, 1.54) is 18.2 Å². The molecule has 82 valence electrons. The second-order valence-corrected chi connectivity index (χ2v) is 3.52. The van der Waals surface area contributed by atoms with Gasteiger partial charge in [-0.15, -0.1) is 0 Å². The predicted octanol–water partition coefficient (Wildman–Crippen LogP) is 1.24. The molecule has 0 bridgehead atoms. The van der Waals surface area contributed by atoms with Crippen LogP contribution >= 0.6 is 0 Å². The fourth-order valence-corrected chi connectivity index (χ4v) is 1.14. The molecule has 0 heterocycles. The predicted molar refractivity (Wildman–Crippen MR) is 55.2 cm³/mol. The van der Waals surface area contributed by atoms with Crippen LogP contribution in [0, 0.1) is 12.7 Å². The molecule has 1 aromatic rings. The Morgan fingerprint density at radius 2 is 2.27 bits per heavy atom. The highest BCUT2D eigenvalue weighted by Crippen LogP contribution is 2.09. The minimum absolute atomic E-state index is 0.119. The number of aliphatic hydroxyl groups is 1.